The van der Waals surface area contributed by atoms with Gasteiger partial charge in [-0.2, -0.15) is 0 Å². The molecule has 110 valence electrons. The first kappa shape index (κ1) is 15.8. The summed E-state index contributed by atoms with van der Waals surface area (Å²) in [7, 11) is 0. The van der Waals surface area contributed by atoms with Gasteiger partial charge < -0.3 is 16.3 Å². The third-order valence-electron chi connectivity index (χ3n) is 3.80. The Bertz CT molecular complexity index is 308. The Morgan fingerprint density at radius 1 is 1.42 bits per heavy atom. The summed E-state index contributed by atoms with van der Waals surface area (Å²) in [6, 6.07) is 0.261. The lowest BCUT2D eigenvalue weighted by Gasteiger charge is -2.32. The number of hydrogen-bond donors (Lipinski definition) is 3. The van der Waals surface area contributed by atoms with Gasteiger partial charge in [-0.3, -0.25) is 9.69 Å². The molecule has 6 heteroatoms. The molecule has 0 saturated carbocycles. The Kier molecular flexibility index (Phi) is 6.62. The lowest BCUT2D eigenvalue weighted by atomic mass is 10.00. The third-order valence-corrected chi connectivity index (χ3v) is 3.80. The molecule has 4 N–H and O–H groups in total. The highest BCUT2D eigenvalue weighted by molar-refractivity contribution is 5.81. The summed E-state index contributed by atoms with van der Waals surface area (Å²) in [6.45, 7) is 6.32. The molecule has 1 saturated heterocycles. The molecular formula is C13H26N4O2. The number of oxime groups is 1. The standard InChI is InChI=1S/C13H26N4O2/c1-3-10(4-2)13(18)15-11-5-7-17(8-6-11)9-12(14)16-19/h10-11,19H,3-9H2,1-2H3,(H2,14,16)(H,15,18). The molecule has 0 bridgehead atoms. The zero-order chi connectivity index (χ0) is 14.3. The number of rotatable bonds is 6. The van der Waals surface area contributed by atoms with Crippen LogP contribution in [0.15, 0.2) is 5.16 Å². The van der Waals surface area contributed by atoms with Gasteiger partial charge in [0, 0.05) is 25.0 Å². The maximum atomic E-state index is 12.0. The van der Waals surface area contributed by atoms with Crippen LogP contribution in [0.3, 0.4) is 0 Å². The molecule has 1 aliphatic heterocycles. The molecule has 1 fully saturated rings. The topological polar surface area (TPSA) is 91.0 Å². The van der Waals surface area contributed by atoms with E-state index in [4.69, 9.17) is 10.9 Å². The van der Waals surface area contributed by atoms with E-state index in [0.29, 0.717) is 6.54 Å². The van der Waals surface area contributed by atoms with Crippen molar-refractivity contribution in [3.63, 3.8) is 0 Å². The second kappa shape index (κ2) is 7.99. The zero-order valence-electron chi connectivity index (χ0n) is 11.9. The van der Waals surface area contributed by atoms with Crippen molar-refractivity contribution in [1.82, 2.24) is 10.2 Å². The highest BCUT2D eigenvalue weighted by atomic mass is 16.4. The van der Waals surface area contributed by atoms with Crippen molar-refractivity contribution in [2.24, 2.45) is 16.8 Å². The maximum Gasteiger partial charge on any atom is 0.223 e. The van der Waals surface area contributed by atoms with E-state index in [2.05, 4.69) is 15.4 Å². The van der Waals surface area contributed by atoms with Crippen molar-refractivity contribution in [1.29, 1.82) is 0 Å². The minimum Gasteiger partial charge on any atom is -0.409 e. The Balaban J connectivity index is 2.32. The van der Waals surface area contributed by atoms with Crippen molar-refractivity contribution in [3.05, 3.63) is 0 Å². The van der Waals surface area contributed by atoms with Crippen LogP contribution in [0, 0.1) is 5.92 Å². The van der Waals surface area contributed by atoms with Crippen LogP contribution >= 0.6 is 0 Å². The van der Waals surface area contributed by atoms with E-state index in [0.717, 1.165) is 38.8 Å². The maximum absolute atomic E-state index is 12.0. The van der Waals surface area contributed by atoms with Crippen LogP contribution in [0.1, 0.15) is 39.5 Å². The predicted octanol–water partition coefficient (Wildman–Crippen LogP) is 0.750. The average molecular weight is 270 g/mol. The van der Waals surface area contributed by atoms with Gasteiger partial charge in [-0.05, 0) is 25.7 Å². The SMILES string of the molecule is CCC(CC)C(=O)NC1CCN(CC(N)=NO)CC1. The van der Waals surface area contributed by atoms with Crippen molar-refractivity contribution < 1.29 is 10.0 Å². The van der Waals surface area contributed by atoms with Gasteiger partial charge in [0.2, 0.25) is 5.91 Å². The molecule has 1 aliphatic rings. The van der Waals surface area contributed by atoms with E-state index in [1.54, 1.807) is 0 Å². The van der Waals surface area contributed by atoms with Crippen molar-refractivity contribution in [3.8, 4) is 0 Å². The largest absolute Gasteiger partial charge is 0.409 e. The fourth-order valence-electron chi connectivity index (χ4n) is 2.47. The second-order valence-corrected chi connectivity index (χ2v) is 5.16. The first-order chi connectivity index (χ1) is 9.10. The lowest BCUT2D eigenvalue weighted by Crippen LogP contribution is -2.47. The summed E-state index contributed by atoms with van der Waals surface area (Å²) in [5.41, 5.74) is 5.48. The average Bonchev–Trinajstić information content (AvgIpc) is 2.42. The van der Waals surface area contributed by atoms with Gasteiger partial charge in [-0.15, -0.1) is 0 Å². The Morgan fingerprint density at radius 2 is 2.00 bits per heavy atom. The summed E-state index contributed by atoms with van der Waals surface area (Å²) in [5.74, 6) is 0.551. The molecule has 19 heavy (non-hydrogen) atoms. The lowest BCUT2D eigenvalue weighted by molar-refractivity contribution is -0.126. The van der Waals surface area contributed by atoms with Gasteiger partial charge in [0.1, 0.15) is 0 Å². The Hall–Kier alpha value is -1.30. The molecule has 0 atom stereocenters. The molecule has 1 amide bonds. The number of amidine groups is 1. The Labute approximate surface area is 115 Å². The molecule has 1 heterocycles. The van der Waals surface area contributed by atoms with E-state index in [-0.39, 0.29) is 23.7 Å². The highest BCUT2D eigenvalue weighted by Crippen LogP contribution is 2.13. The fourth-order valence-corrected chi connectivity index (χ4v) is 2.47. The number of piperidine rings is 1. The number of likely N-dealkylation sites (tertiary alicyclic amines) is 1. The minimum absolute atomic E-state index is 0.134. The van der Waals surface area contributed by atoms with Crippen molar-refractivity contribution in [2.45, 2.75) is 45.6 Å². The monoisotopic (exact) mass is 270 g/mol. The molecule has 1 rings (SSSR count). The van der Waals surface area contributed by atoms with Gasteiger partial charge >= 0.3 is 0 Å². The van der Waals surface area contributed by atoms with Crippen LogP contribution in [0.25, 0.3) is 0 Å². The molecule has 0 aliphatic carbocycles. The molecule has 0 unspecified atom stereocenters. The quantitative estimate of drug-likeness (QED) is 0.287. The van der Waals surface area contributed by atoms with E-state index in [1.807, 2.05) is 13.8 Å². The van der Waals surface area contributed by atoms with Gasteiger partial charge in [-0.1, -0.05) is 19.0 Å². The number of nitrogens with one attached hydrogen (secondary N) is 1. The predicted molar refractivity (Wildman–Crippen MR) is 75.1 cm³/mol. The van der Waals surface area contributed by atoms with Gasteiger partial charge in [0.15, 0.2) is 5.84 Å². The summed E-state index contributed by atoms with van der Waals surface area (Å²) in [5, 5.41) is 14.6. The van der Waals surface area contributed by atoms with Crippen LogP contribution < -0.4 is 11.1 Å². The van der Waals surface area contributed by atoms with E-state index < -0.39 is 0 Å². The molecule has 6 nitrogen and oxygen atoms in total. The molecule has 0 radical (unpaired) electrons. The van der Waals surface area contributed by atoms with Gasteiger partial charge in [0.05, 0.1) is 6.54 Å². The first-order valence-corrected chi connectivity index (χ1v) is 7.09. The van der Waals surface area contributed by atoms with Crippen LogP contribution in [-0.4, -0.2) is 47.5 Å². The number of carbonyl (C=O) groups is 1. The summed E-state index contributed by atoms with van der Waals surface area (Å²) >= 11 is 0. The summed E-state index contributed by atoms with van der Waals surface area (Å²) in [4.78, 5) is 14.1. The normalized spacial score (nSPS) is 18.8. The summed E-state index contributed by atoms with van der Waals surface area (Å²) < 4.78 is 0. The first-order valence-electron chi connectivity index (χ1n) is 7.09. The van der Waals surface area contributed by atoms with E-state index in [1.165, 1.54) is 0 Å². The van der Waals surface area contributed by atoms with Crippen molar-refractivity contribution in [2.75, 3.05) is 19.6 Å². The van der Waals surface area contributed by atoms with Gasteiger partial charge in [-0.25, -0.2) is 0 Å². The highest BCUT2D eigenvalue weighted by Gasteiger charge is 2.23. The van der Waals surface area contributed by atoms with Crippen LogP contribution in [-0.2, 0) is 4.79 Å². The number of hydrogen-bond acceptors (Lipinski definition) is 4. The minimum atomic E-state index is 0.134. The second-order valence-electron chi connectivity index (χ2n) is 5.16. The fraction of sp³-hybridized carbons (Fsp3) is 0.846. The number of nitrogens with zero attached hydrogens (tertiary/aromatic N) is 2. The molecular weight excluding hydrogens is 244 g/mol. The zero-order valence-corrected chi connectivity index (χ0v) is 11.9. The molecule has 0 spiro atoms. The van der Waals surface area contributed by atoms with E-state index >= 15 is 0 Å². The third kappa shape index (κ3) is 5.06. The summed E-state index contributed by atoms with van der Waals surface area (Å²) in [6.07, 6.45) is 3.63. The molecule has 0 aromatic carbocycles. The van der Waals surface area contributed by atoms with Gasteiger partial charge in [0.25, 0.3) is 0 Å². The van der Waals surface area contributed by atoms with Crippen LogP contribution in [0.5, 0.6) is 0 Å². The van der Waals surface area contributed by atoms with Crippen LogP contribution in [0.2, 0.25) is 0 Å². The Morgan fingerprint density at radius 3 is 2.47 bits per heavy atom. The number of nitrogens with two attached hydrogens (primary N) is 1. The van der Waals surface area contributed by atoms with E-state index in [9.17, 15) is 4.79 Å². The van der Waals surface area contributed by atoms with Crippen LogP contribution in [0.4, 0.5) is 0 Å². The molecule has 0 aromatic heterocycles. The molecule has 0 aromatic rings. The number of carbonyl (C=O) groups excluding carboxylic acids is 1. The van der Waals surface area contributed by atoms with Crippen molar-refractivity contribution >= 4 is 11.7 Å². The number of amides is 1. The smallest absolute Gasteiger partial charge is 0.223 e.